The highest BCUT2D eigenvalue weighted by molar-refractivity contribution is 7.90. The zero-order valence-corrected chi connectivity index (χ0v) is 14.1. The minimum atomic E-state index is -1.14. The van der Waals surface area contributed by atoms with E-state index in [4.69, 9.17) is 11.6 Å². The number of nitrogens with one attached hydrogen (secondary N) is 2. The molecule has 0 aliphatic carbocycles. The SMILES string of the molecule is [O-][S+]1Cc2cccc(c2)Nc2nc(ncc2Cl)Nc2cccc1c2. The zero-order chi connectivity index (χ0) is 16.5. The maximum absolute atomic E-state index is 12.6. The molecule has 0 saturated carbocycles. The predicted molar refractivity (Wildman–Crippen MR) is 96.6 cm³/mol. The number of aromatic nitrogens is 2. The van der Waals surface area contributed by atoms with Crippen LogP contribution in [0.4, 0.5) is 23.1 Å². The van der Waals surface area contributed by atoms with Crippen molar-refractivity contribution in [2.45, 2.75) is 10.6 Å². The van der Waals surface area contributed by atoms with Gasteiger partial charge in [0.25, 0.3) is 0 Å². The fraction of sp³-hybridized carbons (Fsp3) is 0.0588. The Morgan fingerprint density at radius 2 is 1.83 bits per heavy atom. The molecule has 1 atom stereocenters. The van der Waals surface area contributed by atoms with Gasteiger partial charge in [0.1, 0.15) is 10.8 Å². The Morgan fingerprint density at radius 1 is 1.04 bits per heavy atom. The molecule has 2 heterocycles. The molecule has 3 aromatic rings. The molecular weight excluding hydrogens is 344 g/mol. The highest BCUT2D eigenvalue weighted by atomic mass is 35.5. The molecule has 2 aromatic carbocycles. The normalized spacial score (nSPS) is 16.0. The second kappa shape index (κ2) is 6.32. The molecule has 1 aliphatic rings. The van der Waals surface area contributed by atoms with Gasteiger partial charge in [-0.1, -0.05) is 29.8 Å². The van der Waals surface area contributed by atoms with Crippen LogP contribution in [0.2, 0.25) is 5.02 Å². The van der Waals surface area contributed by atoms with Gasteiger partial charge in [0.15, 0.2) is 10.7 Å². The molecular formula is C17H13ClN4OS. The summed E-state index contributed by atoms with van der Waals surface area (Å²) in [4.78, 5) is 9.37. The minimum absolute atomic E-state index is 0.417. The smallest absolute Gasteiger partial charge is 0.229 e. The van der Waals surface area contributed by atoms with Crippen LogP contribution in [-0.2, 0) is 16.9 Å². The second-order valence-electron chi connectivity index (χ2n) is 5.36. The number of rotatable bonds is 0. The molecule has 4 rings (SSSR count). The van der Waals surface area contributed by atoms with Crippen LogP contribution in [0.1, 0.15) is 5.56 Å². The summed E-state index contributed by atoms with van der Waals surface area (Å²) in [6, 6.07) is 15.2. The van der Waals surface area contributed by atoms with Gasteiger partial charge in [-0.05, 0) is 35.4 Å². The first-order valence-corrected chi connectivity index (χ1v) is 9.01. The predicted octanol–water partition coefficient (Wildman–Crippen LogP) is 4.24. The molecule has 7 heteroatoms. The summed E-state index contributed by atoms with van der Waals surface area (Å²) in [5, 5.41) is 6.74. The summed E-state index contributed by atoms with van der Waals surface area (Å²) in [5.74, 6) is 1.37. The van der Waals surface area contributed by atoms with E-state index in [1.165, 1.54) is 0 Å². The molecule has 0 amide bonds. The third-order valence-electron chi connectivity index (χ3n) is 3.58. The van der Waals surface area contributed by atoms with Crippen molar-refractivity contribution in [3.63, 3.8) is 0 Å². The molecule has 1 unspecified atom stereocenters. The summed E-state index contributed by atoms with van der Waals surface area (Å²) >= 11 is 5.06. The zero-order valence-electron chi connectivity index (χ0n) is 12.5. The van der Waals surface area contributed by atoms with Gasteiger partial charge in [0.05, 0.1) is 6.20 Å². The van der Waals surface area contributed by atoms with E-state index in [0.29, 0.717) is 22.5 Å². The van der Waals surface area contributed by atoms with Crippen molar-refractivity contribution in [2.75, 3.05) is 10.6 Å². The third kappa shape index (κ3) is 3.17. The van der Waals surface area contributed by atoms with Gasteiger partial charge in [-0.3, -0.25) is 0 Å². The lowest BCUT2D eigenvalue weighted by atomic mass is 10.2. The Bertz CT molecular complexity index is 905. The first kappa shape index (κ1) is 15.3. The van der Waals surface area contributed by atoms with Crippen molar-refractivity contribution in [1.29, 1.82) is 0 Å². The fourth-order valence-electron chi connectivity index (χ4n) is 2.47. The van der Waals surface area contributed by atoms with Gasteiger partial charge in [-0.15, -0.1) is 0 Å². The number of benzene rings is 2. The minimum Gasteiger partial charge on any atom is -0.611 e. The standard InChI is InChI=1S/C17H13ClN4OS/c18-15-9-19-17-21-13-5-2-6-14(8-13)24(23)10-11-3-1-4-12(7-11)20-16(15)22-17/h1-9H,10H2,(H2,19,20,21,22). The van der Waals surface area contributed by atoms with Crippen LogP contribution in [0.25, 0.3) is 0 Å². The highest BCUT2D eigenvalue weighted by Crippen LogP contribution is 2.28. The van der Waals surface area contributed by atoms with E-state index < -0.39 is 11.2 Å². The van der Waals surface area contributed by atoms with E-state index in [1.54, 1.807) is 6.20 Å². The number of hydrogen-bond donors (Lipinski definition) is 2. The lowest BCUT2D eigenvalue weighted by molar-refractivity contribution is 0.594. The van der Waals surface area contributed by atoms with Crippen LogP contribution in [0.15, 0.2) is 59.6 Å². The molecule has 6 bridgehead atoms. The highest BCUT2D eigenvalue weighted by Gasteiger charge is 2.15. The fourth-order valence-corrected chi connectivity index (χ4v) is 3.75. The first-order chi connectivity index (χ1) is 11.7. The van der Waals surface area contributed by atoms with E-state index >= 15 is 0 Å². The molecule has 0 radical (unpaired) electrons. The average molecular weight is 357 g/mol. The van der Waals surface area contributed by atoms with Crippen LogP contribution in [0.3, 0.4) is 0 Å². The molecule has 120 valence electrons. The van der Waals surface area contributed by atoms with Crippen LogP contribution in [-0.4, -0.2) is 14.5 Å². The largest absolute Gasteiger partial charge is 0.611 e. The van der Waals surface area contributed by atoms with Crippen LogP contribution in [0.5, 0.6) is 0 Å². The molecule has 2 N–H and O–H groups in total. The third-order valence-corrected chi connectivity index (χ3v) is 5.24. The maximum Gasteiger partial charge on any atom is 0.229 e. The van der Waals surface area contributed by atoms with Crippen LogP contribution < -0.4 is 10.6 Å². The number of halogens is 1. The second-order valence-corrected chi connectivity index (χ2v) is 7.22. The van der Waals surface area contributed by atoms with Gasteiger partial charge < -0.3 is 15.2 Å². The van der Waals surface area contributed by atoms with Gasteiger partial charge in [0, 0.05) is 23.0 Å². The van der Waals surface area contributed by atoms with E-state index in [0.717, 1.165) is 21.8 Å². The monoisotopic (exact) mass is 356 g/mol. The number of nitrogens with zero attached hydrogens (tertiary/aromatic N) is 2. The number of anilines is 4. The Kier molecular flexibility index (Phi) is 4.02. The Hall–Kier alpha value is -2.28. The molecule has 0 fully saturated rings. The van der Waals surface area contributed by atoms with Crippen LogP contribution in [0, 0.1) is 0 Å². The van der Waals surface area contributed by atoms with Gasteiger partial charge >= 0.3 is 0 Å². The lowest BCUT2D eigenvalue weighted by Crippen LogP contribution is -2.05. The van der Waals surface area contributed by atoms with E-state index in [9.17, 15) is 4.55 Å². The number of fused-ring (bicyclic) bond motifs is 6. The number of hydrogen-bond acceptors (Lipinski definition) is 5. The molecule has 0 spiro atoms. The average Bonchev–Trinajstić information content (AvgIpc) is 2.58. The summed E-state index contributed by atoms with van der Waals surface area (Å²) in [6.07, 6.45) is 1.55. The van der Waals surface area contributed by atoms with Crippen molar-refractivity contribution >= 4 is 45.9 Å². The molecule has 24 heavy (non-hydrogen) atoms. The van der Waals surface area contributed by atoms with E-state index in [2.05, 4.69) is 20.6 Å². The quantitative estimate of drug-likeness (QED) is 0.589. The van der Waals surface area contributed by atoms with Crippen molar-refractivity contribution in [3.8, 4) is 0 Å². The summed E-state index contributed by atoms with van der Waals surface area (Å²) in [7, 11) is 0. The topological polar surface area (TPSA) is 72.9 Å². The van der Waals surface area contributed by atoms with Crippen molar-refractivity contribution < 1.29 is 4.55 Å². The van der Waals surface area contributed by atoms with Crippen molar-refractivity contribution in [1.82, 2.24) is 9.97 Å². The first-order valence-electron chi connectivity index (χ1n) is 7.31. The molecule has 1 aromatic heterocycles. The van der Waals surface area contributed by atoms with Crippen molar-refractivity contribution in [3.05, 3.63) is 65.3 Å². The Balaban J connectivity index is 1.85. The van der Waals surface area contributed by atoms with Gasteiger partial charge in [0.2, 0.25) is 5.95 Å². The maximum atomic E-state index is 12.6. The molecule has 1 aliphatic heterocycles. The van der Waals surface area contributed by atoms with Crippen molar-refractivity contribution in [2.24, 2.45) is 0 Å². The summed E-state index contributed by atoms with van der Waals surface area (Å²) < 4.78 is 12.6. The van der Waals surface area contributed by atoms with Gasteiger partial charge in [-0.2, -0.15) is 4.98 Å². The molecule has 0 saturated heterocycles. The Morgan fingerprint density at radius 3 is 2.71 bits per heavy atom. The molecule has 5 nitrogen and oxygen atoms in total. The van der Waals surface area contributed by atoms with Gasteiger partial charge in [-0.25, -0.2) is 4.98 Å². The lowest BCUT2D eigenvalue weighted by Gasteiger charge is -2.12. The van der Waals surface area contributed by atoms with Crippen LogP contribution >= 0.6 is 11.6 Å². The summed E-state index contributed by atoms with van der Waals surface area (Å²) in [6.45, 7) is 0. The Labute approximate surface area is 147 Å². The van der Waals surface area contributed by atoms with E-state index in [-0.39, 0.29) is 0 Å². The summed E-state index contributed by atoms with van der Waals surface area (Å²) in [5.41, 5.74) is 2.59. The van der Waals surface area contributed by atoms with E-state index in [1.807, 2.05) is 48.5 Å².